The van der Waals surface area contributed by atoms with Gasteiger partial charge < -0.3 is 10.5 Å². The third kappa shape index (κ3) is 2.34. The molecule has 3 nitrogen and oxygen atoms in total. The number of hydrogen-bond donors (Lipinski definition) is 1. The molecule has 1 aliphatic carbocycles. The zero-order chi connectivity index (χ0) is 8.97. The van der Waals surface area contributed by atoms with E-state index in [0.717, 1.165) is 24.8 Å². The van der Waals surface area contributed by atoms with Gasteiger partial charge in [0.15, 0.2) is 0 Å². The fourth-order valence-corrected chi connectivity index (χ4v) is 1.35. The van der Waals surface area contributed by atoms with Gasteiger partial charge in [-0.2, -0.15) is 0 Å². The Kier molecular flexibility index (Phi) is 3.29. The quantitative estimate of drug-likeness (QED) is 0.627. The second kappa shape index (κ2) is 4.26. The summed E-state index contributed by atoms with van der Waals surface area (Å²) in [7, 11) is 0. The Morgan fingerprint density at radius 2 is 2.58 bits per heavy atom. The fourth-order valence-electron chi connectivity index (χ4n) is 1.35. The van der Waals surface area contributed by atoms with Crippen LogP contribution in [0.5, 0.6) is 0 Å². The molecular weight excluding hydrogens is 154 g/mol. The van der Waals surface area contributed by atoms with Crippen LogP contribution in [0.15, 0.2) is 11.6 Å². The van der Waals surface area contributed by atoms with Crippen molar-refractivity contribution in [3.8, 4) is 0 Å². The van der Waals surface area contributed by atoms with Gasteiger partial charge in [0.25, 0.3) is 0 Å². The minimum Gasteiger partial charge on any atom is -0.463 e. The molecule has 3 heteroatoms. The molecule has 12 heavy (non-hydrogen) atoms. The molecule has 0 heterocycles. The highest BCUT2D eigenvalue weighted by Crippen LogP contribution is 2.17. The van der Waals surface area contributed by atoms with Gasteiger partial charge >= 0.3 is 5.97 Å². The Balaban J connectivity index is 2.55. The number of carbonyl (C=O) groups is 1. The summed E-state index contributed by atoms with van der Waals surface area (Å²) in [4.78, 5) is 11.2. The van der Waals surface area contributed by atoms with Crippen LogP contribution in [0.4, 0.5) is 0 Å². The summed E-state index contributed by atoms with van der Waals surface area (Å²) in [6, 6.07) is 0.0400. The molecule has 0 saturated carbocycles. The third-order valence-corrected chi connectivity index (χ3v) is 1.94. The van der Waals surface area contributed by atoms with Crippen molar-refractivity contribution in [3.63, 3.8) is 0 Å². The van der Waals surface area contributed by atoms with E-state index in [1.165, 1.54) is 0 Å². The van der Waals surface area contributed by atoms with Crippen molar-refractivity contribution in [2.45, 2.75) is 32.2 Å². The Bertz CT molecular complexity index is 199. The summed E-state index contributed by atoms with van der Waals surface area (Å²) in [5, 5.41) is 0. The highest BCUT2D eigenvalue weighted by molar-refractivity contribution is 5.88. The van der Waals surface area contributed by atoms with Crippen molar-refractivity contribution in [2.24, 2.45) is 5.73 Å². The minimum atomic E-state index is -0.201. The zero-order valence-electron chi connectivity index (χ0n) is 7.38. The molecule has 1 atom stereocenters. The van der Waals surface area contributed by atoms with Crippen LogP contribution in [0.1, 0.15) is 26.2 Å². The minimum absolute atomic E-state index is 0.0400. The molecule has 0 saturated heterocycles. The number of esters is 1. The lowest BCUT2D eigenvalue weighted by Crippen LogP contribution is -2.23. The summed E-state index contributed by atoms with van der Waals surface area (Å²) in [6.07, 6.45) is 4.60. The maximum Gasteiger partial charge on any atom is 0.333 e. The summed E-state index contributed by atoms with van der Waals surface area (Å²) >= 11 is 0. The summed E-state index contributed by atoms with van der Waals surface area (Å²) < 4.78 is 4.87. The SMILES string of the molecule is CCOC(=O)C1=CC(N)CCC1. The van der Waals surface area contributed by atoms with E-state index >= 15 is 0 Å². The molecule has 68 valence electrons. The first-order valence-corrected chi connectivity index (χ1v) is 4.37. The van der Waals surface area contributed by atoms with Crippen LogP contribution in [0.3, 0.4) is 0 Å². The zero-order valence-corrected chi connectivity index (χ0v) is 7.38. The molecule has 0 fully saturated rings. The molecule has 0 aliphatic heterocycles. The number of hydrogen-bond acceptors (Lipinski definition) is 3. The van der Waals surface area contributed by atoms with Crippen molar-refractivity contribution in [2.75, 3.05) is 6.61 Å². The predicted octanol–water partition coefficient (Wildman–Crippen LogP) is 0.987. The van der Waals surface area contributed by atoms with E-state index in [4.69, 9.17) is 10.5 Å². The van der Waals surface area contributed by atoms with Crippen LogP contribution in [0, 0.1) is 0 Å². The molecule has 1 aliphatic rings. The standard InChI is InChI=1S/C9H15NO2/c1-2-12-9(11)7-4-3-5-8(10)6-7/h6,8H,2-5,10H2,1H3. The highest BCUT2D eigenvalue weighted by Gasteiger charge is 2.16. The van der Waals surface area contributed by atoms with Crippen LogP contribution < -0.4 is 5.73 Å². The van der Waals surface area contributed by atoms with Crippen LogP contribution in [0.2, 0.25) is 0 Å². The average Bonchev–Trinajstić information content (AvgIpc) is 2.05. The topological polar surface area (TPSA) is 52.3 Å². The summed E-state index contributed by atoms with van der Waals surface area (Å²) in [5.74, 6) is -0.201. The lowest BCUT2D eigenvalue weighted by Gasteiger charge is -2.16. The van der Waals surface area contributed by atoms with Gasteiger partial charge in [-0.3, -0.25) is 0 Å². The first-order valence-electron chi connectivity index (χ1n) is 4.37. The van der Waals surface area contributed by atoms with E-state index in [-0.39, 0.29) is 12.0 Å². The Labute approximate surface area is 72.6 Å². The summed E-state index contributed by atoms with van der Waals surface area (Å²) in [6.45, 7) is 2.24. The lowest BCUT2D eigenvalue weighted by molar-refractivity contribution is -0.138. The number of carbonyl (C=O) groups excluding carboxylic acids is 1. The van der Waals surface area contributed by atoms with Crippen molar-refractivity contribution in [1.29, 1.82) is 0 Å². The Morgan fingerprint density at radius 1 is 1.83 bits per heavy atom. The molecule has 2 N–H and O–H groups in total. The lowest BCUT2D eigenvalue weighted by atomic mass is 9.96. The van der Waals surface area contributed by atoms with Crippen molar-refractivity contribution in [3.05, 3.63) is 11.6 Å². The van der Waals surface area contributed by atoms with Crippen molar-refractivity contribution >= 4 is 5.97 Å². The molecule has 1 rings (SSSR count). The van der Waals surface area contributed by atoms with E-state index in [1.807, 2.05) is 6.08 Å². The first kappa shape index (κ1) is 9.26. The first-order chi connectivity index (χ1) is 5.74. The van der Waals surface area contributed by atoms with E-state index in [9.17, 15) is 4.79 Å². The van der Waals surface area contributed by atoms with Crippen molar-refractivity contribution < 1.29 is 9.53 Å². The normalized spacial score (nSPS) is 23.2. The van der Waals surface area contributed by atoms with Gasteiger partial charge in [-0.05, 0) is 26.2 Å². The molecule has 0 bridgehead atoms. The maximum atomic E-state index is 11.2. The van der Waals surface area contributed by atoms with Gasteiger partial charge in [0, 0.05) is 11.6 Å². The monoisotopic (exact) mass is 169 g/mol. The fraction of sp³-hybridized carbons (Fsp3) is 0.667. The molecule has 0 aromatic heterocycles. The maximum absolute atomic E-state index is 11.2. The Hall–Kier alpha value is -0.830. The van der Waals surface area contributed by atoms with Crippen LogP contribution in [-0.2, 0) is 9.53 Å². The van der Waals surface area contributed by atoms with Gasteiger partial charge in [0.1, 0.15) is 0 Å². The molecule has 1 unspecified atom stereocenters. The van der Waals surface area contributed by atoms with E-state index in [1.54, 1.807) is 6.92 Å². The molecule has 0 aromatic carbocycles. The average molecular weight is 169 g/mol. The predicted molar refractivity (Wildman–Crippen MR) is 46.5 cm³/mol. The van der Waals surface area contributed by atoms with E-state index < -0.39 is 0 Å². The van der Waals surface area contributed by atoms with Gasteiger partial charge in [0.05, 0.1) is 6.61 Å². The van der Waals surface area contributed by atoms with Gasteiger partial charge in [-0.1, -0.05) is 6.08 Å². The number of nitrogens with two attached hydrogens (primary N) is 1. The van der Waals surface area contributed by atoms with Crippen LogP contribution in [-0.4, -0.2) is 18.6 Å². The van der Waals surface area contributed by atoms with E-state index in [0.29, 0.717) is 6.61 Å². The largest absolute Gasteiger partial charge is 0.463 e. The molecular formula is C9H15NO2. The van der Waals surface area contributed by atoms with Gasteiger partial charge in [-0.15, -0.1) is 0 Å². The molecule has 0 aromatic rings. The van der Waals surface area contributed by atoms with Gasteiger partial charge in [-0.25, -0.2) is 4.79 Å². The molecule has 0 spiro atoms. The highest BCUT2D eigenvalue weighted by atomic mass is 16.5. The second-order valence-corrected chi connectivity index (χ2v) is 2.97. The van der Waals surface area contributed by atoms with Gasteiger partial charge in [0.2, 0.25) is 0 Å². The van der Waals surface area contributed by atoms with Crippen LogP contribution in [0.25, 0.3) is 0 Å². The van der Waals surface area contributed by atoms with E-state index in [2.05, 4.69) is 0 Å². The van der Waals surface area contributed by atoms with Crippen molar-refractivity contribution in [1.82, 2.24) is 0 Å². The third-order valence-electron chi connectivity index (χ3n) is 1.94. The van der Waals surface area contributed by atoms with Crippen LogP contribution >= 0.6 is 0 Å². The second-order valence-electron chi connectivity index (χ2n) is 2.97. The summed E-state index contributed by atoms with van der Waals surface area (Å²) in [5.41, 5.74) is 6.42. The molecule has 0 radical (unpaired) electrons. The number of rotatable bonds is 2. The Morgan fingerprint density at radius 3 is 3.17 bits per heavy atom. The molecule has 0 amide bonds. The smallest absolute Gasteiger partial charge is 0.333 e. The number of ether oxygens (including phenoxy) is 1.